The topological polar surface area (TPSA) is 46.5 Å². The molecule has 0 atom stereocenters. The molecule has 0 saturated heterocycles. The summed E-state index contributed by atoms with van der Waals surface area (Å²) in [7, 11) is 0. The number of unbranched alkanes of at least 4 members (excludes halogenated alkanes) is 14. The van der Waals surface area contributed by atoms with Gasteiger partial charge in [0.15, 0.2) is 0 Å². The molecule has 0 aliphatic carbocycles. The summed E-state index contributed by atoms with van der Waals surface area (Å²) >= 11 is 0. The number of carbonyl (C=O) groups is 1. The maximum absolute atomic E-state index is 10.7. The first-order valence-corrected chi connectivity index (χ1v) is 9.15. The van der Waals surface area contributed by atoms with Gasteiger partial charge in [-0.05, 0) is 6.42 Å². The van der Waals surface area contributed by atoms with Gasteiger partial charge in [0.25, 0.3) is 0 Å². The third-order valence-electron chi connectivity index (χ3n) is 4.09. The molecule has 0 spiro atoms. The van der Waals surface area contributed by atoms with Crippen LogP contribution in [-0.2, 0) is 9.68 Å². The summed E-state index contributed by atoms with van der Waals surface area (Å²) < 4.78 is 0. The second-order valence-corrected chi connectivity index (χ2v) is 6.16. The Hall–Kier alpha value is 0.430. The molecule has 3 nitrogen and oxygen atoms in total. The van der Waals surface area contributed by atoms with E-state index in [9.17, 15) is 4.79 Å². The molecule has 128 valence electrons. The minimum atomic E-state index is -0.510. The van der Waals surface area contributed by atoms with Crippen molar-refractivity contribution < 1.29 is 45.9 Å². The van der Waals surface area contributed by atoms with Crippen LogP contribution in [0.15, 0.2) is 0 Å². The number of hydrogen-bond acceptors (Lipinski definition) is 3. The predicted molar refractivity (Wildman–Crippen MR) is 89.4 cm³/mol. The van der Waals surface area contributed by atoms with E-state index in [1.165, 1.54) is 83.5 Å². The molecule has 0 aromatic carbocycles. The molecule has 0 aliphatic rings. The number of rotatable bonds is 16. The summed E-state index contributed by atoms with van der Waals surface area (Å²) in [6.45, 7) is 2.27. The average Bonchev–Trinajstić information content (AvgIpc) is 2.50. The molecular formula is C18H37NaO3. The number of hydrogen-bond donors (Lipinski definition) is 1. The molecule has 0 aromatic rings. The molecule has 1 N–H and O–H groups in total. The largest absolute Gasteiger partial charge is 1.00 e. The van der Waals surface area contributed by atoms with Crippen LogP contribution in [0.2, 0.25) is 0 Å². The van der Waals surface area contributed by atoms with Crippen molar-refractivity contribution in [3.05, 3.63) is 0 Å². The molecule has 22 heavy (non-hydrogen) atoms. The molecular weight excluding hydrogens is 287 g/mol. The third kappa shape index (κ3) is 20.4. The van der Waals surface area contributed by atoms with Crippen LogP contribution in [0, 0.1) is 0 Å². The van der Waals surface area contributed by atoms with E-state index in [0.717, 1.165) is 12.8 Å². The molecule has 0 rings (SSSR count). The van der Waals surface area contributed by atoms with Crippen LogP contribution < -0.4 is 29.6 Å². The summed E-state index contributed by atoms with van der Waals surface area (Å²) in [5, 5.41) is 8.10. The summed E-state index contributed by atoms with van der Waals surface area (Å²) in [4.78, 5) is 14.3. The Morgan fingerprint density at radius 2 is 1.05 bits per heavy atom. The van der Waals surface area contributed by atoms with E-state index in [1.54, 1.807) is 0 Å². The first-order valence-electron chi connectivity index (χ1n) is 9.15. The minimum Gasteiger partial charge on any atom is -1.00 e. The minimum absolute atomic E-state index is 0. The summed E-state index contributed by atoms with van der Waals surface area (Å²) in [5.74, 6) is -0.510. The molecule has 0 heterocycles. The van der Waals surface area contributed by atoms with Crippen LogP contribution >= 0.6 is 0 Å². The van der Waals surface area contributed by atoms with Crippen molar-refractivity contribution in [1.29, 1.82) is 0 Å². The number of carbonyl (C=O) groups excluding carboxylic acids is 1. The zero-order valence-electron chi connectivity index (χ0n) is 16.1. The van der Waals surface area contributed by atoms with Crippen LogP contribution in [0.1, 0.15) is 111 Å². The Morgan fingerprint density at radius 3 is 1.36 bits per heavy atom. The molecule has 0 saturated carbocycles. The molecule has 0 radical (unpaired) electrons. The Balaban J connectivity index is -0.00000200. The van der Waals surface area contributed by atoms with Crippen molar-refractivity contribution in [3.63, 3.8) is 0 Å². The predicted octanol–water partition coefficient (Wildman–Crippen LogP) is 3.38. The van der Waals surface area contributed by atoms with E-state index in [1.807, 2.05) is 0 Å². The fourth-order valence-corrected chi connectivity index (χ4v) is 2.69. The van der Waals surface area contributed by atoms with Crippen LogP contribution in [0.4, 0.5) is 0 Å². The SMILES string of the molecule is CCCCCCCCCCCCCCCCCC(=O)OO.[H-].[Na+]. The van der Waals surface area contributed by atoms with Crippen LogP contribution in [0.3, 0.4) is 0 Å². The fraction of sp³-hybridized carbons (Fsp3) is 0.944. The summed E-state index contributed by atoms with van der Waals surface area (Å²) in [6, 6.07) is 0. The average molecular weight is 324 g/mol. The van der Waals surface area contributed by atoms with Crippen LogP contribution in [0.25, 0.3) is 0 Å². The van der Waals surface area contributed by atoms with Gasteiger partial charge in [0, 0.05) is 6.42 Å². The Bertz CT molecular complexity index is 228. The van der Waals surface area contributed by atoms with Gasteiger partial charge in [-0.15, -0.1) is 0 Å². The van der Waals surface area contributed by atoms with Crippen molar-refractivity contribution in [1.82, 2.24) is 0 Å². The van der Waals surface area contributed by atoms with Gasteiger partial charge in [-0.3, -0.25) is 0 Å². The van der Waals surface area contributed by atoms with Gasteiger partial charge >= 0.3 is 35.5 Å². The Kier molecular flexibility index (Phi) is 24.0. The molecule has 4 heteroatoms. The van der Waals surface area contributed by atoms with E-state index in [-0.39, 0.29) is 31.0 Å². The van der Waals surface area contributed by atoms with Crippen molar-refractivity contribution in [2.24, 2.45) is 0 Å². The molecule has 0 aromatic heterocycles. The van der Waals surface area contributed by atoms with Crippen molar-refractivity contribution >= 4 is 5.97 Å². The van der Waals surface area contributed by atoms with E-state index in [0.29, 0.717) is 6.42 Å². The second-order valence-electron chi connectivity index (χ2n) is 6.16. The van der Waals surface area contributed by atoms with Gasteiger partial charge in [0.05, 0.1) is 0 Å². The van der Waals surface area contributed by atoms with E-state index in [2.05, 4.69) is 11.8 Å². The summed E-state index contributed by atoms with van der Waals surface area (Å²) in [5.41, 5.74) is 0. The molecule has 0 unspecified atom stereocenters. The molecule has 0 amide bonds. The molecule has 0 aliphatic heterocycles. The van der Waals surface area contributed by atoms with Crippen LogP contribution in [0.5, 0.6) is 0 Å². The van der Waals surface area contributed by atoms with Crippen molar-refractivity contribution in [2.45, 2.75) is 110 Å². The standard InChI is InChI=1S/C18H36O3.Na.H/c1-2-3-4-5-6-7-8-9-10-11-12-13-14-15-16-17-18(19)21-20;;/h20H,2-17H2,1H3;;/q;+1;-1. The van der Waals surface area contributed by atoms with Crippen molar-refractivity contribution in [2.75, 3.05) is 0 Å². The smallest absolute Gasteiger partial charge is 1.00 e. The van der Waals surface area contributed by atoms with E-state index < -0.39 is 5.97 Å². The van der Waals surface area contributed by atoms with E-state index >= 15 is 0 Å². The van der Waals surface area contributed by atoms with Gasteiger partial charge in [0.1, 0.15) is 0 Å². The molecule has 0 fully saturated rings. The first kappa shape index (κ1) is 24.7. The quantitative estimate of drug-likeness (QED) is 0.205. The first-order chi connectivity index (χ1) is 10.3. The third-order valence-corrected chi connectivity index (χ3v) is 4.09. The summed E-state index contributed by atoms with van der Waals surface area (Å²) in [6.07, 6.45) is 20.0. The second kappa shape index (κ2) is 21.4. The van der Waals surface area contributed by atoms with E-state index in [4.69, 9.17) is 5.26 Å². The normalized spacial score (nSPS) is 10.3. The van der Waals surface area contributed by atoms with Crippen LogP contribution in [-0.4, -0.2) is 11.2 Å². The monoisotopic (exact) mass is 324 g/mol. The van der Waals surface area contributed by atoms with Crippen molar-refractivity contribution in [3.8, 4) is 0 Å². The zero-order valence-corrected chi connectivity index (χ0v) is 17.1. The zero-order chi connectivity index (χ0) is 15.6. The Labute approximate surface area is 161 Å². The van der Waals surface area contributed by atoms with Gasteiger partial charge in [-0.2, -0.15) is 5.26 Å². The molecule has 0 bridgehead atoms. The van der Waals surface area contributed by atoms with Gasteiger partial charge in [-0.1, -0.05) is 96.8 Å². The maximum atomic E-state index is 10.7. The van der Waals surface area contributed by atoms with Gasteiger partial charge in [0.2, 0.25) is 0 Å². The maximum Gasteiger partial charge on any atom is 1.00 e. The van der Waals surface area contributed by atoms with Gasteiger partial charge < -0.3 is 6.31 Å². The Morgan fingerprint density at radius 1 is 0.727 bits per heavy atom. The van der Waals surface area contributed by atoms with Gasteiger partial charge in [-0.25, -0.2) is 4.79 Å². The fourth-order valence-electron chi connectivity index (χ4n) is 2.69.